The van der Waals surface area contributed by atoms with E-state index in [1.165, 1.54) is 11.4 Å². The summed E-state index contributed by atoms with van der Waals surface area (Å²) in [6.45, 7) is 0.241. The fraction of sp³-hybridized carbons (Fsp3) is 0.300. The molecule has 9 heteroatoms. The molecule has 0 bridgehead atoms. The molecule has 0 unspecified atom stereocenters. The molecule has 0 saturated heterocycles. The van der Waals surface area contributed by atoms with Crippen LogP contribution in [0.15, 0.2) is 28.9 Å². The molecule has 1 N–H and O–H groups in total. The Morgan fingerprint density at radius 1 is 1.42 bits per heavy atom. The van der Waals surface area contributed by atoms with Gasteiger partial charge >= 0.3 is 0 Å². The quantitative estimate of drug-likeness (QED) is 0.878. The molecule has 0 amide bonds. The minimum absolute atomic E-state index is 0.0248. The summed E-state index contributed by atoms with van der Waals surface area (Å²) in [7, 11) is -0.450. The van der Waals surface area contributed by atoms with Gasteiger partial charge in [0.2, 0.25) is 9.47 Å². The van der Waals surface area contributed by atoms with E-state index in [1.54, 1.807) is 25.5 Å². The summed E-state index contributed by atoms with van der Waals surface area (Å²) in [6.07, 6.45) is 3.27. The van der Waals surface area contributed by atoms with Gasteiger partial charge in [-0.05, 0) is 11.6 Å². The lowest BCUT2D eigenvalue weighted by Gasteiger charge is -2.14. The second-order valence-electron chi connectivity index (χ2n) is 3.75. The smallest absolute Gasteiger partial charge is 0.272 e. The molecule has 2 aromatic heterocycles. The van der Waals surface area contributed by atoms with Crippen LogP contribution in [0.5, 0.6) is 0 Å². The number of sulfonamides is 1. The highest BCUT2D eigenvalue weighted by molar-refractivity contribution is 7.91. The molecule has 0 spiro atoms. The first-order valence-electron chi connectivity index (χ1n) is 5.40. The van der Waals surface area contributed by atoms with Crippen LogP contribution in [0, 0.1) is 0 Å². The lowest BCUT2D eigenvalue weighted by molar-refractivity contribution is 0.465. The second kappa shape index (κ2) is 5.59. The maximum Gasteiger partial charge on any atom is 0.272 e. The summed E-state index contributed by atoms with van der Waals surface area (Å²) < 4.78 is 25.7. The van der Waals surface area contributed by atoms with Crippen LogP contribution in [0.25, 0.3) is 0 Å². The van der Waals surface area contributed by atoms with Crippen LogP contribution in [0.3, 0.4) is 0 Å². The molecule has 19 heavy (non-hydrogen) atoms. The molecule has 0 aliphatic rings. The van der Waals surface area contributed by atoms with E-state index in [0.29, 0.717) is 5.13 Å². The van der Waals surface area contributed by atoms with Crippen LogP contribution in [0.1, 0.15) is 5.56 Å². The number of anilines is 1. The van der Waals surface area contributed by atoms with E-state index in [2.05, 4.69) is 20.5 Å². The van der Waals surface area contributed by atoms with Crippen molar-refractivity contribution in [1.82, 2.24) is 19.5 Å². The Kier molecular flexibility index (Phi) is 4.08. The average Bonchev–Trinajstić information content (AvgIpc) is 2.89. The second-order valence-corrected chi connectivity index (χ2v) is 6.94. The van der Waals surface area contributed by atoms with Gasteiger partial charge in [-0.1, -0.05) is 17.4 Å². The third kappa shape index (κ3) is 3.06. The number of nitrogens with zero attached hydrogens (tertiary/aromatic N) is 4. The molecule has 102 valence electrons. The van der Waals surface area contributed by atoms with Crippen molar-refractivity contribution in [3.05, 3.63) is 30.1 Å². The Morgan fingerprint density at radius 2 is 2.21 bits per heavy atom. The summed E-state index contributed by atoms with van der Waals surface area (Å²) in [5, 5.41) is 10.6. The molecule has 2 rings (SSSR count). The fourth-order valence-electron chi connectivity index (χ4n) is 1.38. The highest BCUT2D eigenvalue weighted by Crippen LogP contribution is 2.22. The molecule has 0 atom stereocenters. The number of pyridine rings is 1. The minimum atomic E-state index is -3.62. The topological polar surface area (TPSA) is 88.1 Å². The number of rotatable bonds is 5. The van der Waals surface area contributed by atoms with Gasteiger partial charge in [-0.2, -0.15) is 4.31 Å². The van der Waals surface area contributed by atoms with E-state index in [0.717, 1.165) is 16.9 Å². The molecule has 2 aromatic rings. The van der Waals surface area contributed by atoms with Gasteiger partial charge in [-0.25, -0.2) is 8.42 Å². The average molecular weight is 299 g/mol. The van der Waals surface area contributed by atoms with Gasteiger partial charge in [0.05, 0.1) is 0 Å². The third-order valence-electron chi connectivity index (χ3n) is 2.38. The summed E-state index contributed by atoms with van der Waals surface area (Å²) in [4.78, 5) is 3.95. The molecule has 7 nitrogen and oxygen atoms in total. The number of hydrogen-bond donors (Lipinski definition) is 1. The van der Waals surface area contributed by atoms with Gasteiger partial charge in [0, 0.05) is 33.0 Å². The van der Waals surface area contributed by atoms with Crippen LogP contribution in [-0.2, 0) is 16.6 Å². The predicted molar refractivity (Wildman–Crippen MR) is 72.3 cm³/mol. The van der Waals surface area contributed by atoms with Crippen LogP contribution in [0.4, 0.5) is 5.13 Å². The lowest BCUT2D eigenvalue weighted by Crippen LogP contribution is -2.26. The van der Waals surface area contributed by atoms with Gasteiger partial charge in [-0.15, -0.1) is 10.2 Å². The third-order valence-corrected chi connectivity index (χ3v) is 5.47. The molecule has 0 aromatic carbocycles. The number of hydrogen-bond acceptors (Lipinski definition) is 7. The molecular formula is C10H13N5O2S2. The molecule has 0 saturated carbocycles. The Hall–Kier alpha value is -1.58. The Bertz CT molecular complexity index is 641. The molecule has 0 radical (unpaired) electrons. The maximum absolute atomic E-state index is 12.3. The fourth-order valence-corrected chi connectivity index (χ4v) is 3.58. The summed E-state index contributed by atoms with van der Waals surface area (Å²) >= 11 is 1.00. The molecule has 2 heterocycles. The van der Waals surface area contributed by atoms with Crippen molar-refractivity contribution in [1.29, 1.82) is 0 Å². The summed E-state index contributed by atoms with van der Waals surface area (Å²) in [6, 6.07) is 3.58. The Balaban J connectivity index is 2.19. The maximum atomic E-state index is 12.3. The molecular weight excluding hydrogens is 286 g/mol. The van der Waals surface area contributed by atoms with Crippen molar-refractivity contribution < 1.29 is 8.42 Å². The largest absolute Gasteiger partial charge is 0.363 e. The molecule has 0 fully saturated rings. The van der Waals surface area contributed by atoms with Crippen LogP contribution in [0.2, 0.25) is 0 Å². The van der Waals surface area contributed by atoms with Gasteiger partial charge in [0.25, 0.3) is 10.0 Å². The van der Waals surface area contributed by atoms with Crippen molar-refractivity contribution in [3.8, 4) is 0 Å². The number of aromatic nitrogens is 3. The van der Waals surface area contributed by atoms with Gasteiger partial charge in [0.15, 0.2) is 0 Å². The van der Waals surface area contributed by atoms with Crippen molar-refractivity contribution in [2.75, 3.05) is 19.4 Å². The van der Waals surface area contributed by atoms with Crippen molar-refractivity contribution in [3.63, 3.8) is 0 Å². The first-order chi connectivity index (χ1) is 9.04. The number of nitrogens with one attached hydrogen (secondary N) is 1. The SMILES string of the molecule is CNc1nnc(S(=O)(=O)N(C)Cc2cccnc2)s1. The predicted octanol–water partition coefficient (Wildman–Crippen LogP) is 0.795. The first kappa shape index (κ1) is 13.8. The monoisotopic (exact) mass is 299 g/mol. The minimum Gasteiger partial charge on any atom is -0.363 e. The standard InChI is InChI=1S/C10H13N5O2S2/c1-11-9-13-14-10(18-9)19(16,17)15(2)7-8-4-3-5-12-6-8/h3-6H,7H2,1-2H3,(H,11,13). The van der Waals surface area contributed by atoms with E-state index in [-0.39, 0.29) is 10.9 Å². The van der Waals surface area contributed by atoms with Crippen molar-refractivity contribution in [2.45, 2.75) is 10.9 Å². The zero-order chi connectivity index (χ0) is 13.9. The van der Waals surface area contributed by atoms with E-state index >= 15 is 0 Å². The van der Waals surface area contributed by atoms with Gasteiger partial charge in [-0.3, -0.25) is 4.98 Å². The first-order valence-corrected chi connectivity index (χ1v) is 7.66. The van der Waals surface area contributed by atoms with Crippen molar-refractivity contribution in [2.24, 2.45) is 0 Å². The van der Waals surface area contributed by atoms with Crippen LogP contribution >= 0.6 is 11.3 Å². The summed E-state index contributed by atoms with van der Waals surface area (Å²) in [5.74, 6) is 0. The zero-order valence-electron chi connectivity index (χ0n) is 10.4. The van der Waals surface area contributed by atoms with E-state index in [9.17, 15) is 8.42 Å². The van der Waals surface area contributed by atoms with Crippen molar-refractivity contribution >= 4 is 26.5 Å². The summed E-state index contributed by atoms with van der Waals surface area (Å²) in [5.41, 5.74) is 0.812. The zero-order valence-corrected chi connectivity index (χ0v) is 12.1. The molecule has 0 aliphatic carbocycles. The van der Waals surface area contributed by atoms with E-state index in [4.69, 9.17) is 0 Å². The van der Waals surface area contributed by atoms with Gasteiger partial charge < -0.3 is 5.32 Å². The van der Waals surface area contributed by atoms with E-state index < -0.39 is 10.0 Å². The van der Waals surface area contributed by atoms with Crippen LogP contribution < -0.4 is 5.32 Å². The lowest BCUT2D eigenvalue weighted by atomic mass is 10.3. The Morgan fingerprint density at radius 3 is 2.79 bits per heavy atom. The Labute approximate surface area is 115 Å². The van der Waals surface area contributed by atoms with Gasteiger partial charge in [0.1, 0.15) is 0 Å². The molecule has 0 aliphatic heterocycles. The van der Waals surface area contributed by atoms with E-state index in [1.807, 2.05) is 6.07 Å². The highest BCUT2D eigenvalue weighted by atomic mass is 32.2. The van der Waals surface area contributed by atoms with Crippen LogP contribution in [-0.4, -0.2) is 42.0 Å². The normalized spacial score (nSPS) is 11.7. The highest BCUT2D eigenvalue weighted by Gasteiger charge is 2.25.